The molecule has 0 unspecified atom stereocenters. The molecule has 0 radical (unpaired) electrons. The van der Waals surface area contributed by atoms with E-state index < -0.39 is 23.4 Å². The number of rotatable bonds is 4. The van der Waals surface area contributed by atoms with Crippen LogP contribution in [0.2, 0.25) is 0 Å². The summed E-state index contributed by atoms with van der Waals surface area (Å²) in [6.07, 6.45) is 0.875. The number of aliphatic hydroxyl groups excluding tert-OH is 1. The standard InChI is InChI=1S/C22H25N7O4/c1-13-24-14-6-4-5-7-15(14)28(13)9-8-18(31)27-10-16(17(30)11-27)29-12-23-19-20(29)25(2)22(33)26(3)21(19)32/h4-7,12,16-17,30H,8-11H2,1-3H3/t16-,17-/m0/s1. The minimum Gasteiger partial charge on any atom is -0.389 e. The van der Waals surface area contributed by atoms with E-state index in [1.807, 2.05) is 35.8 Å². The van der Waals surface area contributed by atoms with Gasteiger partial charge in [0, 0.05) is 40.2 Å². The Morgan fingerprint density at radius 1 is 1.15 bits per heavy atom. The number of para-hydroxylation sites is 2. The molecular formula is C22H25N7O4. The fourth-order valence-corrected chi connectivity index (χ4v) is 4.73. The molecule has 3 aromatic heterocycles. The molecule has 1 N–H and O–H groups in total. The number of nitrogens with zero attached hydrogens (tertiary/aromatic N) is 7. The SMILES string of the molecule is Cc1nc2ccccc2n1CCC(=O)N1C[C@H](O)[C@@H](n2cnc3c(=O)n(C)c(=O)n(C)c32)C1. The van der Waals surface area contributed by atoms with E-state index in [2.05, 4.69) is 9.97 Å². The zero-order chi connectivity index (χ0) is 23.4. The van der Waals surface area contributed by atoms with Crippen LogP contribution in [0.1, 0.15) is 18.3 Å². The van der Waals surface area contributed by atoms with E-state index in [1.54, 1.807) is 16.5 Å². The molecule has 0 aliphatic carbocycles. The summed E-state index contributed by atoms with van der Waals surface area (Å²) < 4.78 is 5.99. The highest BCUT2D eigenvalue weighted by Gasteiger charge is 2.36. The van der Waals surface area contributed by atoms with Gasteiger partial charge in [-0.1, -0.05) is 12.1 Å². The molecule has 4 aromatic rings. The van der Waals surface area contributed by atoms with Gasteiger partial charge in [-0.25, -0.2) is 14.8 Å². The zero-order valence-electron chi connectivity index (χ0n) is 18.7. The van der Waals surface area contributed by atoms with Crippen LogP contribution in [0.5, 0.6) is 0 Å². The first-order valence-electron chi connectivity index (χ1n) is 10.8. The van der Waals surface area contributed by atoms with Gasteiger partial charge in [0.25, 0.3) is 5.56 Å². The van der Waals surface area contributed by atoms with E-state index in [0.717, 1.165) is 21.4 Å². The number of aryl methyl sites for hydroxylation is 3. The Hall–Kier alpha value is -3.73. The van der Waals surface area contributed by atoms with Crippen molar-refractivity contribution in [3.8, 4) is 0 Å². The second-order valence-electron chi connectivity index (χ2n) is 8.51. The van der Waals surface area contributed by atoms with E-state index in [1.165, 1.54) is 17.9 Å². The molecule has 2 atom stereocenters. The highest BCUT2D eigenvalue weighted by molar-refractivity contribution is 5.78. The molecule has 1 fully saturated rings. The molecule has 172 valence electrons. The van der Waals surface area contributed by atoms with E-state index in [0.29, 0.717) is 12.2 Å². The summed E-state index contributed by atoms with van der Waals surface area (Å²) in [5.74, 6) is 0.763. The number of likely N-dealkylation sites (tertiary alicyclic amines) is 1. The minimum absolute atomic E-state index is 0.0806. The Kier molecular flexibility index (Phi) is 4.93. The molecule has 33 heavy (non-hydrogen) atoms. The Bertz CT molecular complexity index is 1510. The van der Waals surface area contributed by atoms with Crippen LogP contribution >= 0.6 is 0 Å². The topological polar surface area (TPSA) is 120 Å². The lowest BCUT2D eigenvalue weighted by Crippen LogP contribution is -2.38. The number of benzene rings is 1. The lowest BCUT2D eigenvalue weighted by Gasteiger charge is -2.18. The van der Waals surface area contributed by atoms with Crippen LogP contribution in [0, 0.1) is 6.92 Å². The van der Waals surface area contributed by atoms with Gasteiger partial charge in [-0.2, -0.15) is 0 Å². The van der Waals surface area contributed by atoms with Crippen LogP contribution in [0.25, 0.3) is 22.2 Å². The van der Waals surface area contributed by atoms with Gasteiger partial charge in [0.05, 0.1) is 29.5 Å². The van der Waals surface area contributed by atoms with Crippen LogP contribution in [0.3, 0.4) is 0 Å². The van der Waals surface area contributed by atoms with Gasteiger partial charge in [-0.3, -0.25) is 18.7 Å². The smallest absolute Gasteiger partial charge is 0.332 e. The molecule has 1 aliphatic heterocycles. The third kappa shape index (κ3) is 3.27. The minimum atomic E-state index is -0.846. The van der Waals surface area contributed by atoms with Crippen molar-refractivity contribution in [1.82, 2.24) is 33.1 Å². The highest BCUT2D eigenvalue weighted by atomic mass is 16.3. The largest absolute Gasteiger partial charge is 0.389 e. The molecule has 0 saturated carbocycles. The number of fused-ring (bicyclic) bond motifs is 2. The maximum Gasteiger partial charge on any atom is 0.332 e. The van der Waals surface area contributed by atoms with Crippen molar-refractivity contribution in [2.75, 3.05) is 13.1 Å². The van der Waals surface area contributed by atoms with Crippen molar-refractivity contribution in [2.24, 2.45) is 14.1 Å². The molecule has 11 nitrogen and oxygen atoms in total. The van der Waals surface area contributed by atoms with E-state index in [-0.39, 0.29) is 30.9 Å². The summed E-state index contributed by atoms with van der Waals surface area (Å²) in [5, 5.41) is 10.7. The van der Waals surface area contributed by atoms with Crippen molar-refractivity contribution in [3.63, 3.8) is 0 Å². The number of aliphatic hydroxyl groups is 1. The summed E-state index contributed by atoms with van der Waals surface area (Å²) in [6, 6.07) is 7.29. The monoisotopic (exact) mass is 451 g/mol. The maximum absolute atomic E-state index is 13.0. The Morgan fingerprint density at radius 2 is 1.91 bits per heavy atom. The number of aromatic nitrogens is 6. The first-order chi connectivity index (χ1) is 15.8. The van der Waals surface area contributed by atoms with Crippen LogP contribution in [0.4, 0.5) is 0 Å². The number of carbonyl (C=O) groups is 1. The predicted molar refractivity (Wildman–Crippen MR) is 121 cm³/mol. The van der Waals surface area contributed by atoms with Gasteiger partial charge in [0.1, 0.15) is 11.5 Å². The average Bonchev–Trinajstić information content (AvgIpc) is 3.49. The summed E-state index contributed by atoms with van der Waals surface area (Å²) in [6.45, 7) is 2.84. The third-order valence-electron chi connectivity index (χ3n) is 6.53. The van der Waals surface area contributed by atoms with E-state index in [4.69, 9.17) is 0 Å². The van der Waals surface area contributed by atoms with Crippen molar-refractivity contribution in [3.05, 3.63) is 57.3 Å². The molecule has 1 aromatic carbocycles. The fraction of sp³-hybridized carbons (Fsp3) is 0.409. The average molecular weight is 451 g/mol. The lowest BCUT2D eigenvalue weighted by molar-refractivity contribution is -0.130. The Balaban J connectivity index is 1.37. The summed E-state index contributed by atoms with van der Waals surface area (Å²) in [4.78, 5) is 48.2. The first kappa shape index (κ1) is 21.1. The number of hydrogen-bond donors (Lipinski definition) is 1. The second-order valence-corrected chi connectivity index (χ2v) is 8.51. The van der Waals surface area contributed by atoms with Gasteiger partial charge < -0.3 is 19.1 Å². The van der Waals surface area contributed by atoms with Crippen molar-refractivity contribution >= 4 is 28.1 Å². The highest BCUT2D eigenvalue weighted by Crippen LogP contribution is 2.26. The van der Waals surface area contributed by atoms with Crippen molar-refractivity contribution < 1.29 is 9.90 Å². The Labute approximate surface area is 188 Å². The van der Waals surface area contributed by atoms with Gasteiger partial charge in [0.15, 0.2) is 5.52 Å². The fourth-order valence-electron chi connectivity index (χ4n) is 4.73. The molecular weight excluding hydrogens is 426 g/mol. The summed E-state index contributed by atoms with van der Waals surface area (Å²) in [5.41, 5.74) is 1.39. The van der Waals surface area contributed by atoms with Crippen LogP contribution in [0.15, 0.2) is 40.2 Å². The molecule has 1 aliphatic rings. The second kappa shape index (κ2) is 7.69. The van der Waals surface area contributed by atoms with Crippen molar-refractivity contribution in [1.29, 1.82) is 0 Å². The third-order valence-corrected chi connectivity index (χ3v) is 6.53. The van der Waals surface area contributed by atoms with Crippen LogP contribution < -0.4 is 11.2 Å². The van der Waals surface area contributed by atoms with Crippen LogP contribution in [-0.4, -0.2) is 63.3 Å². The normalized spacial score (nSPS) is 18.6. The molecule has 4 heterocycles. The van der Waals surface area contributed by atoms with E-state index >= 15 is 0 Å². The zero-order valence-corrected chi connectivity index (χ0v) is 18.7. The van der Waals surface area contributed by atoms with Gasteiger partial charge in [0.2, 0.25) is 5.91 Å². The number of β-amino-alcohol motifs (C(OH)–C–C–N with tert-alkyl or cyclic N) is 1. The summed E-state index contributed by atoms with van der Waals surface area (Å²) in [7, 11) is 2.96. The number of hydrogen-bond acceptors (Lipinski definition) is 6. The maximum atomic E-state index is 13.0. The first-order valence-corrected chi connectivity index (χ1v) is 10.8. The molecule has 11 heteroatoms. The number of amides is 1. The molecule has 5 rings (SSSR count). The van der Waals surface area contributed by atoms with Gasteiger partial charge in [-0.15, -0.1) is 0 Å². The predicted octanol–water partition coefficient (Wildman–Crippen LogP) is -0.0737. The number of carbonyl (C=O) groups excluding carboxylic acids is 1. The van der Waals surface area contributed by atoms with Crippen molar-refractivity contribution in [2.45, 2.75) is 32.0 Å². The van der Waals surface area contributed by atoms with Crippen LogP contribution in [-0.2, 0) is 25.4 Å². The molecule has 1 amide bonds. The van der Waals surface area contributed by atoms with E-state index in [9.17, 15) is 19.5 Å². The Morgan fingerprint density at radius 3 is 2.70 bits per heavy atom. The summed E-state index contributed by atoms with van der Waals surface area (Å²) >= 11 is 0. The molecule has 1 saturated heterocycles. The lowest BCUT2D eigenvalue weighted by atomic mass is 10.2. The molecule has 0 spiro atoms. The van der Waals surface area contributed by atoms with Gasteiger partial charge in [-0.05, 0) is 19.1 Å². The quantitative estimate of drug-likeness (QED) is 0.464. The molecule has 0 bridgehead atoms. The van der Waals surface area contributed by atoms with Gasteiger partial charge >= 0.3 is 5.69 Å². The number of imidazole rings is 2.